The summed E-state index contributed by atoms with van der Waals surface area (Å²) < 4.78 is 52.0. The van der Waals surface area contributed by atoms with Crippen molar-refractivity contribution in [1.29, 1.82) is 0 Å². The summed E-state index contributed by atoms with van der Waals surface area (Å²) >= 11 is 0. The summed E-state index contributed by atoms with van der Waals surface area (Å²) in [6.07, 6.45) is 1.06. The predicted molar refractivity (Wildman–Crippen MR) is 165 cm³/mol. The zero-order valence-electron chi connectivity index (χ0n) is 25.2. The smallest absolute Gasteiger partial charge is 0.261 e. The maximum atomic E-state index is 13.8. The number of benzene rings is 3. The van der Waals surface area contributed by atoms with Gasteiger partial charge in [0.25, 0.3) is 5.91 Å². The third-order valence-electron chi connectivity index (χ3n) is 7.35. The van der Waals surface area contributed by atoms with Gasteiger partial charge in [0.2, 0.25) is 15.9 Å². The lowest BCUT2D eigenvalue weighted by Gasteiger charge is -2.31. The second-order valence-corrected chi connectivity index (χ2v) is 13.0. The molecule has 3 aromatic carbocycles. The van der Waals surface area contributed by atoms with E-state index in [0.717, 1.165) is 12.0 Å². The van der Waals surface area contributed by atoms with Crippen molar-refractivity contribution in [2.45, 2.75) is 44.2 Å². The maximum Gasteiger partial charge on any atom is 0.261 e. The number of amides is 2. The second kappa shape index (κ2) is 15.8. The molecule has 9 nitrogen and oxygen atoms in total. The Morgan fingerprint density at radius 2 is 1.61 bits per heavy atom. The van der Waals surface area contributed by atoms with Crippen molar-refractivity contribution in [3.8, 4) is 5.75 Å². The number of halogens is 1. The highest BCUT2D eigenvalue weighted by atomic mass is 32.2. The van der Waals surface area contributed by atoms with Crippen LogP contribution in [0, 0.1) is 11.7 Å². The number of hydrogen-bond acceptors (Lipinski definition) is 6. The van der Waals surface area contributed by atoms with E-state index in [1.54, 1.807) is 12.1 Å². The molecule has 1 saturated heterocycles. The molecule has 4 rings (SSSR count). The number of nitrogens with one attached hydrogen (secondary N) is 1. The number of nitrogens with zero attached hydrogens (tertiary/aromatic N) is 2. The predicted octanol–water partition coefficient (Wildman–Crippen LogP) is 4.03. The lowest BCUT2D eigenvalue weighted by molar-refractivity contribution is -0.142. The summed E-state index contributed by atoms with van der Waals surface area (Å²) in [6.45, 7) is 5.55. The number of carbonyl (C=O) groups is 2. The monoisotopic (exact) mass is 625 g/mol. The van der Waals surface area contributed by atoms with Crippen LogP contribution in [-0.4, -0.2) is 74.9 Å². The third-order valence-corrected chi connectivity index (χ3v) is 9.26. The van der Waals surface area contributed by atoms with Gasteiger partial charge in [0.05, 0.1) is 18.1 Å². The summed E-state index contributed by atoms with van der Waals surface area (Å²) in [6, 6.07) is 20.3. The Morgan fingerprint density at radius 3 is 2.25 bits per heavy atom. The van der Waals surface area contributed by atoms with Gasteiger partial charge in [-0.1, -0.05) is 56.3 Å². The number of carbonyl (C=O) groups excluding carboxylic acids is 2. The number of sulfonamides is 1. The molecule has 1 heterocycles. The van der Waals surface area contributed by atoms with Crippen LogP contribution in [0.3, 0.4) is 0 Å². The fourth-order valence-electron chi connectivity index (χ4n) is 4.81. The van der Waals surface area contributed by atoms with Crippen LogP contribution in [0.5, 0.6) is 5.75 Å². The van der Waals surface area contributed by atoms with Gasteiger partial charge in [-0.15, -0.1) is 0 Å². The summed E-state index contributed by atoms with van der Waals surface area (Å²) in [7, 11) is -3.67. The largest absolute Gasteiger partial charge is 0.484 e. The summed E-state index contributed by atoms with van der Waals surface area (Å²) in [5.74, 6) is -0.436. The van der Waals surface area contributed by atoms with Crippen molar-refractivity contribution >= 4 is 21.8 Å². The molecule has 0 aliphatic carbocycles. The van der Waals surface area contributed by atoms with E-state index in [-0.39, 0.29) is 43.5 Å². The van der Waals surface area contributed by atoms with Crippen molar-refractivity contribution in [3.05, 3.63) is 95.8 Å². The lowest BCUT2D eigenvalue weighted by Crippen LogP contribution is -2.52. The molecule has 1 atom stereocenters. The van der Waals surface area contributed by atoms with Gasteiger partial charge < -0.3 is 19.7 Å². The van der Waals surface area contributed by atoms with Crippen molar-refractivity contribution in [2.24, 2.45) is 5.92 Å². The molecule has 0 spiro atoms. The molecule has 2 amide bonds. The van der Waals surface area contributed by atoms with E-state index in [1.165, 1.54) is 45.6 Å². The van der Waals surface area contributed by atoms with Gasteiger partial charge in [-0.25, -0.2) is 12.8 Å². The highest BCUT2D eigenvalue weighted by Crippen LogP contribution is 2.21. The summed E-state index contributed by atoms with van der Waals surface area (Å²) in [4.78, 5) is 28.9. The number of rotatable bonds is 14. The SMILES string of the molecule is CC(C)CCNC(=O)[C@H](Cc1ccccc1)N(Cc1ccc(F)cc1)C(=O)COc1ccc(S(=O)(=O)N2CCOCC2)cc1. The van der Waals surface area contributed by atoms with Gasteiger partial charge >= 0.3 is 0 Å². The molecule has 3 aromatic rings. The van der Waals surface area contributed by atoms with Gasteiger partial charge in [-0.2, -0.15) is 4.31 Å². The van der Waals surface area contributed by atoms with Crippen molar-refractivity contribution in [1.82, 2.24) is 14.5 Å². The Morgan fingerprint density at radius 1 is 0.955 bits per heavy atom. The van der Waals surface area contributed by atoms with E-state index in [1.807, 2.05) is 30.3 Å². The van der Waals surface area contributed by atoms with Crippen molar-refractivity contribution in [3.63, 3.8) is 0 Å². The zero-order chi connectivity index (χ0) is 31.5. The lowest BCUT2D eigenvalue weighted by atomic mass is 10.0. The Hall–Kier alpha value is -3.80. The quantitative estimate of drug-likeness (QED) is 0.290. The molecule has 0 radical (unpaired) electrons. The first-order valence-electron chi connectivity index (χ1n) is 14.8. The van der Waals surface area contributed by atoms with E-state index in [9.17, 15) is 22.4 Å². The molecular formula is C33H40FN3O6S. The van der Waals surface area contributed by atoms with Gasteiger partial charge in [0, 0.05) is 32.6 Å². The van der Waals surface area contributed by atoms with E-state index in [2.05, 4.69) is 19.2 Å². The normalized spacial score (nSPS) is 14.6. The van der Waals surface area contributed by atoms with Gasteiger partial charge in [-0.05, 0) is 59.9 Å². The molecule has 44 heavy (non-hydrogen) atoms. The second-order valence-electron chi connectivity index (χ2n) is 11.1. The van der Waals surface area contributed by atoms with Gasteiger partial charge in [-0.3, -0.25) is 9.59 Å². The minimum atomic E-state index is -3.67. The van der Waals surface area contributed by atoms with Crippen LogP contribution in [0.2, 0.25) is 0 Å². The highest BCUT2D eigenvalue weighted by molar-refractivity contribution is 7.89. The van der Waals surface area contributed by atoms with Crippen LogP contribution in [0.15, 0.2) is 83.8 Å². The molecule has 0 aromatic heterocycles. The van der Waals surface area contributed by atoms with Crippen LogP contribution in [0.25, 0.3) is 0 Å². The number of hydrogen-bond donors (Lipinski definition) is 1. The van der Waals surface area contributed by atoms with Crippen LogP contribution < -0.4 is 10.1 Å². The number of morpholine rings is 1. The standard InChI is InChI=1S/C33H40FN3O6S/c1-25(2)16-17-35-33(39)31(22-26-6-4-3-5-7-26)37(23-27-8-10-28(34)11-9-27)32(38)24-43-29-12-14-30(15-13-29)44(40,41)36-18-20-42-21-19-36/h3-15,25,31H,16-24H2,1-2H3,(H,35,39)/t31-/m0/s1. The van der Waals surface area contributed by atoms with Gasteiger partial charge in [0.1, 0.15) is 17.6 Å². The molecule has 11 heteroatoms. The molecule has 0 saturated carbocycles. The fourth-order valence-corrected chi connectivity index (χ4v) is 6.22. The zero-order valence-corrected chi connectivity index (χ0v) is 26.0. The summed E-state index contributed by atoms with van der Waals surface area (Å²) in [5.41, 5.74) is 1.54. The van der Waals surface area contributed by atoms with Crippen LogP contribution in [-0.2, 0) is 37.3 Å². The van der Waals surface area contributed by atoms with Crippen LogP contribution in [0.4, 0.5) is 4.39 Å². The molecule has 0 bridgehead atoms. The molecule has 0 unspecified atom stereocenters. The van der Waals surface area contributed by atoms with Crippen LogP contribution >= 0.6 is 0 Å². The topological polar surface area (TPSA) is 105 Å². The Labute approximate surface area is 259 Å². The molecule has 1 fully saturated rings. The average molecular weight is 626 g/mol. The third kappa shape index (κ3) is 9.35. The van der Waals surface area contributed by atoms with E-state index in [0.29, 0.717) is 37.0 Å². The van der Waals surface area contributed by atoms with Crippen molar-refractivity contribution < 1.29 is 31.9 Å². The minimum Gasteiger partial charge on any atom is -0.484 e. The Bertz CT molecular complexity index is 1460. The highest BCUT2D eigenvalue weighted by Gasteiger charge is 2.31. The first-order chi connectivity index (χ1) is 21.1. The first kappa shape index (κ1) is 33.1. The van der Waals surface area contributed by atoms with E-state index >= 15 is 0 Å². The van der Waals surface area contributed by atoms with Crippen LogP contribution in [0.1, 0.15) is 31.4 Å². The molecule has 236 valence electrons. The molecule has 1 N–H and O–H groups in total. The van der Waals surface area contributed by atoms with Crippen molar-refractivity contribution in [2.75, 3.05) is 39.5 Å². The van der Waals surface area contributed by atoms with E-state index < -0.39 is 27.8 Å². The molecule has 1 aliphatic heterocycles. The molecule has 1 aliphatic rings. The number of ether oxygens (including phenoxy) is 2. The Balaban J connectivity index is 1.53. The molecular weight excluding hydrogens is 585 g/mol. The average Bonchev–Trinajstić information content (AvgIpc) is 3.03. The Kier molecular flexibility index (Phi) is 11.9. The maximum absolute atomic E-state index is 13.8. The minimum absolute atomic E-state index is 0.0638. The van der Waals surface area contributed by atoms with E-state index in [4.69, 9.17) is 9.47 Å². The first-order valence-corrected chi connectivity index (χ1v) is 16.2. The summed E-state index contributed by atoms with van der Waals surface area (Å²) in [5, 5.41) is 2.98. The van der Waals surface area contributed by atoms with Gasteiger partial charge in [0.15, 0.2) is 6.61 Å². The fraction of sp³-hybridized carbons (Fsp3) is 0.394.